The number of hydrogen-bond acceptors (Lipinski definition) is 4. The smallest absolute Gasteiger partial charge is 0.238 e. The third kappa shape index (κ3) is 4.11. The van der Waals surface area contributed by atoms with Crippen LogP contribution in [0.25, 0.3) is 0 Å². The molecule has 116 valence electrons. The van der Waals surface area contributed by atoms with E-state index in [4.69, 9.17) is 9.47 Å². The van der Waals surface area contributed by atoms with Gasteiger partial charge in [-0.15, -0.1) is 0 Å². The molecule has 0 spiro atoms. The van der Waals surface area contributed by atoms with Gasteiger partial charge < -0.3 is 14.8 Å². The number of nitrogens with one attached hydrogen (secondary N) is 1. The summed E-state index contributed by atoms with van der Waals surface area (Å²) < 4.78 is 10.5. The van der Waals surface area contributed by atoms with E-state index >= 15 is 0 Å². The first-order valence-corrected chi connectivity index (χ1v) is 7.40. The van der Waals surface area contributed by atoms with Crippen LogP contribution >= 0.6 is 0 Å². The molecule has 1 aliphatic heterocycles. The fourth-order valence-corrected chi connectivity index (χ4v) is 2.68. The van der Waals surface area contributed by atoms with E-state index in [1.54, 1.807) is 32.4 Å². The highest BCUT2D eigenvalue weighted by atomic mass is 16.5. The van der Waals surface area contributed by atoms with Crippen LogP contribution in [0.5, 0.6) is 11.5 Å². The van der Waals surface area contributed by atoms with Crippen molar-refractivity contribution in [3.8, 4) is 11.5 Å². The van der Waals surface area contributed by atoms with Crippen LogP contribution in [-0.2, 0) is 4.79 Å². The summed E-state index contributed by atoms with van der Waals surface area (Å²) in [6.07, 6.45) is 3.58. The maximum absolute atomic E-state index is 12.2. The van der Waals surface area contributed by atoms with E-state index in [-0.39, 0.29) is 5.91 Å². The maximum atomic E-state index is 12.2. The molecule has 0 aliphatic carbocycles. The molecule has 1 fully saturated rings. The largest absolute Gasteiger partial charge is 0.497 e. The van der Waals surface area contributed by atoms with Gasteiger partial charge in [0.05, 0.1) is 26.5 Å². The van der Waals surface area contributed by atoms with Crippen LogP contribution < -0.4 is 14.8 Å². The Kier molecular flexibility index (Phi) is 5.44. The van der Waals surface area contributed by atoms with Crippen LogP contribution in [0.1, 0.15) is 26.2 Å². The minimum Gasteiger partial charge on any atom is -0.497 e. The van der Waals surface area contributed by atoms with Crippen LogP contribution in [0.2, 0.25) is 0 Å². The summed E-state index contributed by atoms with van der Waals surface area (Å²) in [5.74, 6) is 1.31. The molecule has 1 saturated heterocycles. The molecular weight excluding hydrogens is 268 g/mol. The minimum absolute atomic E-state index is 0.0182. The summed E-state index contributed by atoms with van der Waals surface area (Å²) in [5, 5.41) is 2.92. The van der Waals surface area contributed by atoms with Gasteiger partial charge in [-0.1, -0.05) is 6.42 Å². The normalized spacial score (nSPS) is 19.1. The van der Waals surface area contributed by atoms with Gasteiger partial charge in [0, 0.05) is 12.1 Å². The van der Waals surface area contributed by atoms with Crippen molar-refractivity contribution in [3.63, 3.8) is 0 Å². The second-order valence-electron chi connectivity index (χ2n) is 5.43. The SMILES string of the molecule is COc1ccc(OC)c(NC(=O)CN2CCCC[C@H]2C)c1. The summed E-state index contributed by atoms with van der Waals surface area (Å²) in [6, 6.07) is 5.84. The van der Waals surface area contributed by atoms with Crippen molar-refractivity contribution in [2.45, 2.75) is 32.2 Å². The number of amides is 1. The molecule has 0 saturated carbocycles. The lowest BCUT2D eigenvalue weighted by atomic mass is 10.0. The molecule has 0 bridgehead atoms. The number of anilines is 1. The van der Waals surface area contributed by atoms with E-state index in [1.165, 1.54) is 12.8 Å². The van der Waals surface area contributed by atoms with Crippen molar-refractivity contribution in [3.05, 3.63) is 18.2 Å². The van der Waals surface area contributed by atoms with Gasteiger partial charge in [0.2, 0.25) is 5.91 Å². The molecule has 1 aromatic rings. The number of carbonyl (C=O) groups excluding carboxylic acids is 1. The monoisotopic (exact) mass is 292 g/mol. The lowest BCUT2D eigenvalue weighted by Gasteiger charge is -2.32. The van der Waals surface area contributed by atoms with Crippen molar-refractivity contribution in [1.82, 2.24) is 4.90 Å². The Morgan fingerprint density at radius 1 is 1.33 bits per heavy atom. The number of piperidine rings is 1. The molecule has 0 aromatic heterocycles. The quantitative estimate of drug-likeness (QED) is 0.906. The number of likely N-dealkylation sites (tertiary alicyclic amines) is 1. The number of carbonyl (C=O) groups is 1. The Balaban J connectivity index is 2.01. The van der Waals surface area contributed by atoms with E-state index in [2.05, 4.69) is 17.1 Å². The number of benzene rings is 1. The van der Waals surface area contributed by atoms with Gasteiger partial charge >= 0.3 is 0 Å². The number of methoxy groups -OCH3 is 2. The summed E-state index contributed by atoms with van der Waals surface area (Å²) in [7, 11) is 3.19. The maximum Gasteiger partial charge on any atom is 0.238 e. The summed E-state index contributed by atoms with van der Waals surface area (Å²) in [5.41, 5.74) is 0.645. The second-order valence-corrected chi connectivity index (χ2v) is 5.43. The molecular formula is C16H24N2O3. The standard InChI is InChI=1S/C16H24N2O3/c1-12-6-4-5-9-18(12)11-16(19)17-14-10-13(20-2)7-8-15(14)21-3/h7-8,10,12H,4-6,9,11H2,1-3H3,(H,17,19)/t12-/m1/s1. The predicted molar refractivity (Wildman–Crippen MR) is 83.1 cm³/mol. The van der Waals surface area contributed by atoms with Crippen molar-refractivity contribution < 1.29 is 14.3 Å². The lowest BCUT2D eigenvalue weighted by molar-refractivity contribution is -0.118. The van der Waals surface area contributed by atoms with Gasteiger partial charge in [-0.3, -0.25) is 9.69 Å². The molecule has 1 aromatic carbocycles. The highest BCUT2D eigenvalue weighted by molar-refractivity contribution is 5.94. The summed E-state index contributed by atoms with van der Waals surface area (Å²) >= 11 is 0. The van der Waals surface area contributed by atoms with Crippen molar-refractivity contribution in [2.24, 2.45) is 0 Å². The molecule has 2 rings (SSSR count). The third-order valence-electron chi connectivity index (χ3n) is 3.97. The molecule has 1 atom stereocenters. The molecule has 1 heterocycles. The number of ether oxygens (including phenoxy) is 2. The van der Waals surface area contributed by atoms with E-state index < -0.39 is 0 Å². The first-order valence-electron chi connectivity index (χ1n) is 7.40. The van der Waals surface area contributed by atoms with Gasteiger partial charge in [-0.05, 0) is 38.4 Å². The zero-order valence-electron chi connectivity index (χ0n) is 13.0. The Labute approximate surface area is 126 Å². The molecule has 0 unspecified atom stereocenters. The minimum atomic E-state index is -0.0182. The van der Waals surface area contributed by atoms with E-state index in [1.807, 2.05) is 0 Å². The van der Waals surface area contributed by atoms with Crippen LogP contribution in [0, 0.1) is 0 Å². The van der Waals surface area contributed by atoms with Crippen LogP contribution in [0.3, 0.4) is 0 Å². The van der Waals surface area contributed by atoms with Gasteiger partial charge in [0.1, 0.15) is 11.5 Å². The average molecular weight is 292 g/mol. The summed E-state index contributed by atoms with van der Waals surface area (Å²) in [4.78, 5) is 14.5. The zero-order chi connectivity index (χ0) is 15.2. The predicted octanol–water partition coefficient (Wildman–Crippen LogP) is 2.52. The Morgan fingerprint density at radius 3 is 2.81 bits per heavy atom. The van der Waals surface area contributed by atoms with E-state index in [0.29, 0.717) is 29.8 Å². The molecule has 5 heteroatoms. The second kappa shape index (κ2) is 7.31. The number of rotatable bonds is 5. The van der Waals surface area contributed by atoms with Gasteiger partial charge in [0.15, 0.2) is 0 Å². The number of hydrogen-bond donors (Lipinski definition) is 1. The first-order chi connectivity index (χ1) is 10.1. The molecule has 21 heavy (non-hydrogen) atoms. The number of nitrogens with zero attached hydrogens (tertiary/aromatic N) is 1. The topological polar surface area (TPSA) is 50.8 Å². The van der Waals surface area contributed by atoms with E-state index in [0.717, 1.165) is 13.0 Å². The Bertz CT molecular complexity index is 490. The molecule has 1 aliphatic rings. The Morgan fingerprint density at radius 2 is 2.14 bits per heavy atom. The van der Waals surface area contributed by atoms with Crippen LogP contribution in [-0.4, -0.2) is 44.2 Å². The highest BCUT2D eigenvalue weighted by Crippen LogP contribution is 2.29. The molecule has 0 radical (unpaired) electrons. The average Bonchev–Trinajstić information content (AvgIpc) is 2.49. The van der Waals surface area contributed by atoms with Gasteiger partial charge in [0.25, 0.3) is 0 Å². The fourth-order valence-electron chi connectivity index (χ4n) is 2.68. The third-order valence-corrected chi connectivity index (χ3v) is 3.97. The Hall–Kier alpha value is -1.75. The van der Waals surface area contributed by atoms with Crippen LogP contribution in [0.15, 0.2) is 18.2 Å². The highest BCUT2D eigenvalue weighted by Gasteiger charge is 2.21. The fraction of sp³-hybridized carbons (Fsp3) is 0.562. The molecule has 5 nitrogen and oxygen atoms in total. The van der Waals surface area contributed by atoms with Crippen molar-refractivity contribution >= 4 is 11.6 Å². The lowest BCUT2D eigenvalue weighted by Crippen LogP contribution is -2.42. The van der Waals surface area contributed by atoms with Gasteiger partial charge in [-0.2, -0.15) is 0 Å². The molecule has 1 amide bonds. The van der Waals surface area contributed by atoms with Gasteiger partial charge in [-0.25, -0.2) is 0 Å². The van der Waals surface area contributed by atoms with Crippen molar-refractivity contribution in [2.75, 3.05) is 32.6 Å². The summed E-state index contributed by atoms with van der Waals surface area (Å²) in [6.45, 7) is 3.59. The van der Waals surface area contributed by atoms with Crippen LogP contribution in [0.4, 0.5) is 5.69 Å². The zero-order valence-corrected chi connectivity index (χ0v) is 13.0. The van der Waals surface area contributed by atoms with E-state index in [9.17, 15) is 4.79 Å². The van der Waals surface area contributed by atoms with Crippen molar-refractivity contribution in [1.29, 1.82) is 0 Å². The first kappa shape index (κ1) is 15.6. The molecule has 1 N–H and O–H groups in total.